The molecule has 2 aromatic rings. The molecule has 0 spiro atoms. The predicted molar refractivity (Wildman–Crippen MR) is 78.4 cm³/mol. The van der Waals surface area contributed by atoms with Gasteiger partial charge in [0.25, 0.3) is 0 Å². The van der Waals surface area contributed by atoms with Crippen molar-refractivity contribution in [3.05, 3.63) is 48.0 Å². The minimum absolute atomic E-state index is 0.0823. The third-order valence-electron chi connectivity index (χ3n) is 2.74. The SMILES string of the molecule is CS(=O)(=O)c1cccc(Nc2cccc(C#N)c2)c1N. The van der Waals surface area contributed by atoms with Gasteiger partial charge in [0.05, 0.1) is 27.9 Å². The molecule has 0 amide bonds. The number of nitrogen functional groups attached to an aromatic ring is 1. The van der Waals surface area contributed by atoms with Gasteiger partial charge in [-0.2, -0.15) is 5.26 Å². The van der Waals surface area contributed by atoms with Gasteiger partial charge in [0.2, 0.25) is 0 Å². The summed E-state index contributed by atoms with van der Waals surface area (Å²) in [5.74, 6) is 0. The Morgan fingerprint density at radius 3 is 2.55 bits per heavy atom. The zero-order chi connectivity index (χ0) is 14.8. The van der Waals surface area contributed by atoms with Crippen molar-refractivity contribution in [2.75, 3.05) is 17.3 Å². The van der Waals surface area contributed by atoms with Crippen LogP contribution in [0.4, 0.5) is 17.1 Å². The van der Waals surface area contributed by atoms with E-state index in [1.165, 1.54) is 6.07 Å². The molecule has 0 aromatic heterocycles. The molecule has 3 N–H and O–H groups in total. The first-order valence-electron chi connectivity index (χ1n) is 5.77. The Balaban J connectivity index is 2.42. The lowest BCUT2D eigenvalue weighted by atomic mass is 10.2. The molecule has 0 saturated carbocycles. The van der Waals surface area contributed by atoms with Gasteiger partial charge in [0.15, 0.2) is 9.84 Å². The van der Waals surface area contributed by atoms with Gasteiger partial charge in [-0.25, -0.2) is 8.42 Å². The number of benzene rings is 2. The molecule has 0 unspecified atom stereocenters. The van der Waals surface area contributed by atoms with Crippen LogP contribution in [0.1, 0.15) is 5.56 Å². The molecule has 0 bridgehead atoms. The normalized spacial score (nSPS) is 10.8. The molecule has 2 aromatic carbocycles. The summed E-state index contributed by atoms with van der Waals surface area (Å²) in [6, 6.07) is 13.6. The fraction of sp³-hybridized carbons (Fsp3) is 0.0714. The van der Waals surface area contributed by atoms with Gasteiger partial charge in [0, 0.05) is 11.9 Å². The van der Waals surface area contributed by atoms with Gasteiger partial charge in [-0.05, 0) is 30.3 Å². The van der Waals surface area contributed by atoms with Gasteiger partial charge in [-0.1, -0.05) is 12.1 Å². The van der Waals surface area contributed by atoms with Crippen LogP contribution in [0.5, 0.6) is 0 Å². The van der Waals surface area contributed by atoms with E-state index in [4.69, 9.17) is 11.0 Å². The summed E-state index contributed by atoms with van der Waals surface area (Å²) in [5.41, 5.74) is 7.71. The van der Waals surface area contributed by atoms with E-state index in [1.807, 2.05) is 6.07 Å². The maximum Gasteiger partial charge on any atom is 0.177 e. The minimum Gasteiger partial charge on any atom is -0.396 e. The number of nitrogens with zero attached hydrogens (tertiary/aromatic N) is 1. The highest BCUT2D eigenvalue weighted by Crippen LogP contribution is 2.29. The van der Waals surface area contributed by atoms with Crippen LogP contribution < -0.4 is 11.1 Å². The first-order valence-corrected chi connectivity index (χ1v) is 7.66. The molecule has 0 aliphatic carbocycles. The molecule has 102 valence electrons. The van der Waals surface area contributed by atoms with Gasteiger partial charge in [-0.3, -0.25) is 0 Å². The topological polar surface area (TPSA) is 96.0 Å². The van der Waals surface area contributed by atoms with Crippen LogP contribution in [0.25, 0.3) is 0 Å². The molecule has 0 heterocycles. The van der Waals surface area contributed by atoms with Crippen molar-refractivity contribution in [1.82, 2.24) is 0 Å². The Morgan fingerprint density at radius 2 is 1.90 bits per heavy atom. The lowest BCUT2D eigenvalue weighted by Crippen LogP contribution is -2.05. The Hall–Kier alpha value is -2.52. The second kappa shape index (κ2) is 5.23. The number of nitriles is 1. The average Bonchev–Trinajstić information content (AvgIpc) is 2.40. The largest absolute Gasteiger partial charge is 0.396 e. The van der Waals surface area contributed by atoms with Crippen molar-refractivity contribution in [3.8, 4) is 6.07 Å². The lowest BCUT2D eigenvalue weighted by molar-refractivity contribution is 0.602. The number of nitrogens with one attached hydrogen (secondary N) is 1. The Bertz CT molecular complexity index is 792. The lowest BCUT2D eigenvalue weighted by Gasteiger charge is -2.12. The summed E-state index contributed by atoms with van der Waals surface area (Å²) >= 11 is 0. The highest BCUT2D eigenvalue weighted by atomic mass is 32.2. The van der Waals surface area contributed by atoms with Gasteiger partial charge >= 0.3 is 0 Å². The fourth-order valence-electron chi connectivity index (χ4n) is 1.80. The van der Waals surface area contributed by atoms with Crippen molar-refractivity contribution in [3.63, 3.8) is 0 Å². The van der Waals surface area contributed by atoms with E-state index < -0.39 is 9.84 Å². The minimum atomic E-state index is -3.38. The number of hydrogen-bond donors (Lipinski definition) is 2. The Labute approximate surface area is 117 Å². The number of rotatable bonds is 3. The second-order valence-corrected chi connectivity index (χ2v) is 6.29. The first kappa shape index (κ1) is 13.9. The molecule has 0 atom stereocenters. The van der Waals surface area contributed by atoms with Crippen molar-refractivity contribution < 1.29 is 8.42 Å². The average molecular weight is 287 g/mol. The third kappa shape index (κ3) is 2.90. The molecule has 0 fully saturated rings. The van der Waals surface area contributed by atoms with E-state index in [0.717, 1.165) is 6.26 Å². The van der Waals surface area contributed by atoms with Crippen LogP contribution in [-0.4, -0.2) is 14.7 Å². The summed E-state index contributed by atoms with van der Waals surface area (Å²) in [6.45, 7) is 0. The molecule has 6 heteroatoms. The van der Waals surface area contributed by atoms with Crippen LogP contribution in [0.2, 0.25) is 0 Å². The predicted octanol–water partition coefficient (Wildman–Crippen LogP) is 2.29. The number of para-hydroxylation sites is 1. The summed E-state index contributed by atoms with van der Waals surface area (Å²) in [4.78, 5) is 0.0823. The van der Waals surface area contributed by atoms with E-state index in [0.29, 0.717) is 16.9 Å². The smallest absolute Gasteiger partial charge is 0.177 e. The maximum atomic E-state index is 11.6. The summed E-state index contributed by atoms with van der Waals surface area (Å²) < 4.78 is 23.2. The van der Waals surface area contributed by atoms with Crippen molar-refractivity contribution >= 4 is 26.9 Å². The molecule has 2 rings (SSSR count). The Morgan fingerprint density at radius 1 is 1.20 bits per heavy atom. The van der Waals surface area contributed by atoms with Crippen LogP contribution in [0.15, 0.2) is 47.4 Å². The van der Waals surface area contributed by atoms with Gasteiger partial charge < -0.3 is 11.1 Å². The zero-order valence-corrected chi connectivity index (χ0v) is 11.6. The first-order chi connectivity index (χ1) is 9.41. The quantitative estimate of drug-likeness (QED) is 0.844. The van der Waals surface area contributed by atoms with E-state index in [-0.39, 0.29) is 10.6 Å². The highest BCUT2D eigenvalue weighted by Gasteiger charge is 2.14. The number of sulfone groups is 1. The van der Waals surface area contributed by atoms with E-state index >= 15 is 0 Å². The molecule has 0 aliphatic heterocycles. The number of hydrogen-bond acceptors (Lipinski definition) is 5. The van der Waals surface area contributed by atoms with Crippen molar-refractivity contribution in [2.45, 2.75) is 4.90 Å². The van der Waals surface area contributed by atoms with E-state index in [1.54, 1.807) is 36.4 Å². The van der Waals surface area contributed by atoms with Crippen LogP contribution in [-0.2, 0) is 9.84 Å². The van der Waals surface area contributed by atoms with E-state index in [9.17, 15) is 8.42 Å². The van der Waals surface area contributed by atoms with Gasteiger partial charge in [0.1, 0.15) is 0 Å². The van der Waals surface area contributed by atoms with Crippen molar-refractivity contribution in [2.24, 2.45) is 0 Å². The van der Waals surface area contributed by atoms with Crippen LogP contribution >= 0.6 is 0 Å². The summed E-state index contributed by atoms with van der Waals surface area (Å²) in [6.07, 6.45) is 1.11. The zero-order valence-electron chi connectivity index (χ0n) is 10.8. The van der Waals surface area contributed by atoms with Crippen LogP contribution in [0, 0.1) is 11.3 Å². The fourth-order valence-corrected chi connectivity index (χ4v) is 2.63. The summed E-state index contributed by atoms with van der Waals surface area (Å²) in [5, 5.41) is 11.9. The highest BCUT2D eigenvalue weighted by molar-refractivity contribution is 7.90. The van der Waals surface area contributed by atoms with E-state index in [2.05, 4.69) is 5.32 Å². The molecule has 0 saturated heterocycles. The monoisotopic (exact) mass is 287 g/mol. The number of nitrogens with two attached hydrogens (primary N) is 1. The molecule has 5 nitrogen and oxygen atoms in total. The Kier molecular flexibility index (Phi) is 3.63. The molecule has 0 radical (unpaired) electrons. The molecular weight excluding hydrogens is 274 g/mol. The summed E-state index contributed by atoms with van der Waals surface area (Å²) in [7, 11) is -3.38. The van der Waals surface area contributed by atoms with Gasteiger partial charge in [-0.15, -0.1) is 0 Å². The standard InChI is InChI=1S/C14H13N3O2S/c1-20(18,19)13-7-3-6-12(14(13)16)17-11-5-2-4-10(8-11)9-15/h2-8,17H,16H2,1H3. The molecule has 20 heavy (non-hydrogen) atoms. The number of anilines is 3. The third-order valence-corrected chi connectivity index (χ3v) is 3.89. The molecular formula is C14H13N3O2S. The van der Waals surface area contributed by atoms with Crippen molar-refractivity contribution in [1.29, 1.82) is 5.26 Å². The van der Waals surface area contributed by atoms with Crippen LogP contribution in [0.3, 0.4) is 0 Å². The maximum absolute atomic E-state index is 11.6. The second-order valence-electron chi connectivity index (χ2n) is 4.31. The molecule has 0 aliphatic rings.